The number of benzene rings is 2. The molecule has 24 heavy (non-hydrogen) atoms. The minimum atomic E-state index is -0.0834. The van der Waals surface area contributed by atoms with Crippen LogP contribution in [0, 0.1) is 0 Å². The molecule has 1 aromatic heterocycles. The number of nitrogens with zero attached hydrogens (tertiary/aromatic N) is 1. The van der Waals surface area contributed by atoms with Gasteiger partial charge in [0.25, 0.3) is 5.91 Å². The summed E-state index contributed by atoms with van der Waals surface area (Å²) < 4.78 is 2.07. The minimum absolute atomic E-state index is 0.0638. The van der Waals surface area contributed by atoms with E-state index in [0.29, 0.717) is 30.8 Å². The standard InChI is InChI=1S/C19H17N3O2/c23-18(8-10-22-9-7-13-3-1-2-4-17(13)22)21-15-6-5-14-12-20-19(24)16(14)11-15/h1-7,9,11H,8,10,12H2,(H,20,24)(H,21,23). The normalized spacial score (nSPS) is 12.9. The largest absolute Gasteiger partial charge is 0.348 e. The molecule has 120 valence electrons. The van der Waals surface area contributed by atoms with Gasteiger partial charge in [-0.3, -0.25) is 9.59 Å². The number of aryl methyl sites for hydroxylation is 1. The number of hydrogen-bond donors (Lipinski definition) is 2. The van der Waals surface area contributed by atoms with Crippen molar-refractivity contribution in [2.45, 2.75) is 19.5 Å². The Balaban J connectivity index is 1.42. The van der Waals surface area contributed by atoms with E-state index in [4.69, 9.17) is 0 Å². The Morgan fingerprint density at radius 2 is 2.04 bits per heavy atom. The van der Waals surface area contributed by atoms with E-state index in [1.54, 1.807) is 6.07 Å². The van der Waals surface area contributed by atoms with Crippen LogP contribution in [0.15, 0.2) is 54.7 Å². The molecule has 2 aromatic carbocycles. The zero-order valence-corrected chi connectivity index (χ0v) is 13.1. The summed E-state index contributed by atoms with van der Waals surface area (Å²) >= 11 is 0. The van der Waals surface area contributed by atoms with Gasteiger partial charge in [-0.25, -0.2) is 0 Å². The molecule has 1 aliphatic heterocycles. The lowest BCUT2D eigenvalue weighted by atomic mass is 10.1. The number of aromatic nitrogens is 1. The Hall–Kier alpha value is -3.08. The first-order valence-electron chi connectivity index (χ1n) is 7.95. The third kappa shape index (κ3) is 2.65. The van der Waals surface area contributed by atoms with E-state index < -0.39 is 0 Å². The van der Waals surface area contributed by atoms with Crippen LogP contribution in [0.5, 0.6) is 0 Å². The zero-order valence-electron chi connectivity index (χ0n) is 13.1. The van der Waals surface area contributed by atoms with Crippen LogP contribution in [0.2, 0.25) is 0 Å². The van der Waals surface area contributed by atoms with Gasteiger partial charge in [0.1, 0.15) is 0 Å². The molecule has 5 nitrogen and oxygen atoms in total. The number of anilines is 1. The van der Waals surface area contributed by atoms with Crippen molar-refractivity contribution in [3.8, 4) is 0 Å². The second-order valence-electron chi connectivity index (χ2n) is 5.92. The molecule has 0 saturated heterocycles. The van der Waals surface area contributed by atoms with Crippen molar-refractivity contribution in [2.75, 3.05) is 5.32 Å². The van der Waals surface area contributed by atoms with Crippen molar-refractivity contribution in [1.29, 1.82) is 0 Å². The maximum atomic E-state index is 12.2. The fourth-order valence-corrected chi connectivity index (χ4v) is 3.07. The SMILES string of the molecule is O=C(CCn1ccc2ccccc21)Nc1ccc2c(c1)C(=O)NC2. The summed E-state index contributed by atoms with van der Waals surface area (Å²) in [7, 11) is 0. The third-order valence-electron chi connectivity index (χ3n) is 4.34. The van der Waals surface area contributed by atoms with E-state index in [-0.39, 0.29) is 11.8 Å². The molecule has 0 saturated carbocycles. The highest BCUT2D eigenvalue weighted by Crippen LogP contribution is 2.20. The van der Waals surface area contributed by atoms with E-state index in [1.807, 2.05) is 42.6 Å². The summed E-state index contributed by atoms with van der Waals surface area (Å²) in [6.07, 6.45) is 2.37. The Kier molecular flexibility index (Phi) is 3.54. The first-order chi connectivity index (χ1) is 11.7. The maximum Gasteiger partial charge on any atom is 0.251 e. The molecule has 0 radical (unpaired) electrons. The number of rotatable bonds is 4. The lowest BCUT2D eigenvalue weighted by molar-refractivity contribution is -0.116. The molecule has 0 spiro atoms. The molecule has 2 amide bonds. The summed E-state index contributed by atoms with van der Waals surface area (Å²) in [5.74, 6) is -0.147. The third-order valence-corrected chi connectivity index (χ3v) is 4.34. The molecule has 0 aliphatic carbocycles. The number of nitrogens with one attached hydrogen (secondary N) is 2. The van der Waals surface area contributed by atoms with Crippen molar-refractivity contribution >= 4 is 28.4 Å². The molecule has 0 unspecified atom stereocenters. The van der Waals surface area contributed by atoms with Gasteiger partial charge < -0.3 is 15.2 Å². The molecule has 4 rings (SSSR count). The van der Waals surface area contributed by atoms with Crippen LogP contribution in [0.25, 0.3) is 10.9 Å². The summed E-state index contributed by atoms with van der Waals surface area (Å²) in [6, 6.07) is 15.6. The predicted octanol–water partition coefficient (Wildman–Crippen LogP) is 2.91. The highest BCUT2D eigenvalue weighted by atomic mass is 16.2. The highest BCUT2D eigenvalue weighted by molar-refractivity contribution is 6.00. The average molecular weight is 319 g/mol. The van der Waals surface area contributed by atoms with Gasteiger partial charge in [0.2, 0.25) is 5.91 Å². The van der Waals surface area contributed by atoms with Gasteiger partial charge in [-0.1, -0.05) is 24.3 Å². The van der Waals surface area contributed by atoms with Crippen LogP contribution in [-0.2, 0) is 17.9 Å². The number of carbonyl (C=O) groups is 2. The molecule has 0 bridgehead atoms. The van der Waals surface area contributed by atoms with Gasteiger partial charge >= 0.3 is 0 Å². The lowest BCUT2D eigenvalue weighted by Crippen LogP contribution is -2.15. The van der Waals surface area contributed by atoms with Crippen molar-refractivity contribution < 1.29 is 9.59 Å². The highest BCUT2D eigenvalue weighted by Gasteiger charge is 2.19. The van der Waals surface area contributed by atoms with E-state index in [0.717, 1.165) is 11.1 Å². The van der Waals surface area contributed by atoms with Crippen LogP contribution in [0.1, 0.15) is 22.3 Å². The van der Waals surface area contributed by atoms with Crippen molar-refractivity contribution in [1.82, 2.24) is 9.88 Å². The fraction of sp³-hybridized carbons (Fsp3) is 0.158. The topological polar surface area (TPSA) is 63.1 Å². The molecule has 0 atom stereocenters. The number of fused-ring (bicyclic) bond motifs is 2. The van der Waals surface area contributed by atoms with E-state index in [1.165, 1.54) is 5.39 Å². The van der Waals surface area contributed by atoms with Crippen LogP contribution in [-0.4, -0.2) is 16.4 Å². The molecule has 2 N–H and O–H groups in total. The summed E-state index contributed by atoms with van der Waals surface area (Å²) in [4.78, 5) is 23.9. The van der Waals surface area contributed by atoms with Crippen molar-refractivity contribution in [3.63, 3.8) is 0 Å². The number of amides is 2. The number of para-hydroxylation sites is 1. The monoisotopic (exact) mass is 319 g/mol. The Bertz CT molecular complexity index is 943. The quantitative estimate of drug-likeness (QED) is 0.776. The number of carbonyl (C=O) groups excluding carboxylic acids is 2. The van der Waals surface area contributed by atoms with E-state index >= 15 is 0 Å². The van der Waals surface area contributed by atoms with E-state index in [2.05, 4.69) is 21.3 Å². The first kappa shape index (κ1) is 14.5. The van der Waals surface area contributed by atoms with Gasteiger partial charge in [0.05, 0.1) is 0 Å². The number of hydrogen-bond acceptors (Lipinski definition) is 2. The molecule has 2 heterocycles. The van der Waals surface area contributed by atoms with Crippen molar-refractivity contribution in [2.24, 2.45) is 0 Å². The van der Waals surface area contributed by atoms with Crippen LogP contribution >= 0.6 is 0 Å². The van der Waals surface area contributed by atoms with Crippen LogP contribution in [0.3, 0.4) is 0 Å². The zero-order chi connectivity index (χ0) is 16.5. The lowest BCUT2D eigenvalue weighted by Gasteiger charge is -2.08. The Labute approximate surface area is 139 Å². The average Bonchev–Trinajstić information content (AvgIpc) is 3.17. The second-order valence-corrected chi connectivity index (χ2v) is 5.92. The van der Waals surface area contributed by atoms with Crippen LogP contribution in [0.4, 0.5) is 5.69 Å². The molecular weight excluding hydrogens is 302 g/mol. The van der Waals surface area contributed by atoms with Gasteiger partial charge in [0.15, 0.2) is 0 Å². The molecule has 3 aromatic rings. The van der Waals surface area contributed by atoms with Gasteiger partial charge in [-0.05, 0) is 35.2 Å². The van der Waals surface area contributed by atoms with E-state index in [9.17, 15) is 9.59 Å². The summed E-state index contributed by atoms with van der Waals surface area (Å²) in [6.45, 7) is 1.17. The Morgan fingerprint density at radius 3 is 2.96 bits per heavy atom. The minimum Gasteiger partial charge on any atom is -0.348 e. The first-order valence-corrected chi connectivity index (χ1v) is 7.95. The van der Waals surface area contributed by atoms with Gasteiger partial charge in [-0.15, -0.1) is 0 Å². The second kappa shape index (κ2) is 5.85. The molecular formula is C19H17N3O2. The van der Waals surface area contributed by atoms with Gasteiger partial charge in [-0.2, -0.15) is 0 Å². The molecule has 0 fully saturated rings. The maximum absolute atomic E-state index is 12.2. The van der Waals surface area contributed by atoms with Crippen molar-refractivity contribution in [3.05, 3.63) is 65.9 Å². The van der Waals surface area contributed by atoms with Crippen LogP contribution < -0.4 is 10.6 Å². The summed E-state index contributed by atoms with van der Waals surface area (Å²) in [5.41, 5.74) is 3.40. The van der Waals surface area contributed by atoms with Gasteiger partial charge in [0, 0.05) is 42.5 Å². The molecule has 5 heteroatoms. The Morgan fingerprint density at radius 1 is 1.17 bits per heavy atom. The summed E-state index contributed by atoms with van der Waals surface area (Å²) in [5, 5.41) is 6.81. The fourth-order valence-electron chi connectivity index (χ4n) is 3.07. The molecule has 1 aliphatic rings. The predicted molar refractivity (Wildman–Crippen MR) is 92.8 cm³/mol. The smallest absolute Gasteiger partial charge is 0.251 e.